The fraction of sp³-hybridized carbons (Fsp3) is 0.571. The van der Waals surface area contributed by atoms with Gasteiger partial charge in [-0.2, -0.15) is 0 Å². The molecule has 0 unspecified atom stereocenters. The van der Waals surface area contributed by atoms with Crippen LogP contribution in [0.2, 0.25) is 0 Å². The molecule has 0 atom stereocenters. The van der Waals surface area contributed by atoms with Crippen molar-refractivity contribution < 1.29 is 9.18 Å². The Bertz CT molecular complexity index is 500. The van der Waals surface area contributed by atoms with Gasteiger partial charge in [-0.05, 0) is 38.9 Å². The molecule has 21 heavy (non-hydrogen) atoms. The fourth-order valence-corrected chi connectivity index (χ4v) is 2.71. The van der Waals surface area contributed by atoms with Gasteiger partial charge in [0.05, 0.1) is 5.56 Å². The zero-order valence-corrected chi connectivity index (χ0v) is 12.5. The lowest BCUT2D eigenvalue weighted by Gasteiger charge is -2.33. The number of nitrogens with two attached hydrogens (primary N) is 1. The molecule has 1 aliphatic rings. The minimum Gasteiger partial charge on any atom is -0.339 e. The Morgan fingerprint density at radius 3 is 2.76 bits per heavy atom. The summed E-state index contributed by atoms with van der Waals surface area (Å²) >= 11 is 0. The number of carbonyl (C=O) groups excluding carboxylic acids is 1. The monoisotopic (exact) mass is 295 g/mol. The Labute approximate surface area is 124 Å². The van der Waals surface area contributed by atoms with Crippen molar-refractivity contribution in [3.05, 3.63) is 23.6 Å². The summed E-state index contributed by atoms with van der Waals surface area (Å²) in [5, 5.41) is 0. The maximum Gasteiger partial charge on any atom is 0.257 e. The molecule has 1 aromatic heterocycles. The van der Waals surface area contributed by atoms with Gasteiger partial charge < -0.3 is 15.2 Å². The SMILES string of the molecule is CN(C)CC1CCN(C(=O)c2ccnc(NN)c2F)CC1. The van der Waals surface area contributed by atoms with E-state index in [0.29, 0.717) is 19.0 Å². The second kappa shape index (κ2) is 6.82. The van der Waals surface area contributed by atoms with E-state index < -0.39 is 5.82 Å². The Morgan fingerprint density at radius 1 is 1.52 bits per heavy atom. The highest BCUT2D eigenvalue weighted by Crippen LogP contribution is 2.21. The first-order valence-electron chi connectivity index (χ1n) is 7.08. The lowest BCUT2D eigenvalue weighted by Crippen LogP contribution is -2.41. The van der Waals surface area contributed by atoms with Crippen molar-refractivity contribution in [3.8, 4) is 0 Å². The Balaban J connectivity index is 2.02. The molecule has 2 heterocycles. The molecular formula is C14H22FN5O. The molecule has 1 aliphatic heterocycles. The number of carbonyl (C=O) groups is 1. The molecule has 1 amide bonds. The summed E-state index contributed by atoms with van der Waals surface area (Å²) in [4.78, 5) is 20.0. The largest absolute Gasteiger partial charge is 0.339 e. The number of hydrazine groups is 1. The van der Waals surface area contributed by atoms with Gasteiger partial charge in [0.25, 0.3) is 5.91 Å². The smallest absolute Gasteiger partial charge is 0.257 e. The lowest BCUT2D eigenvalue weighted by atomic mass is 9.96. The minimum atomic E-state index is -0.694. The van der Waals surface area contributed by atoms with Crippen LogP contribution in [-0.4, -0.2) is 54.4 Å². The molecule has 0 bridgehead atoms. The van der Waals surface area contributed by atoms with E-state index in [1.54, 1.807) is 4.90 Å². The second-order valence-electron chi connectivity index (χ2n) is 5.66. The van der Waals surface area contributed by atoms with Crippen LogP contribution in [-0.2, 0) is 0 Å². The van der Waals surface area contributed by atoms with Crippen molar-refractivity contribution >= 4 is 11.7 Å². The van der Waals surface area contributed by atoms with Gasteiger partial charge in [-0.25, -0.2) is 15.2 Å². The number of likely N-dealkylation sites (tertiary alicyclic amines) is 1. The number of anilines is 1. The molecule has 2 rings (SSSR count). The topological polar surface area (TPSA) is 74.5 Å². The number of nitrogen functional groups attached to an aromatic ring is 1. The van der Waals surface area contributed by atoms with E-state index in [1.165, 1.54) is 12.3 Å². The summed E-state index contributed by atoms with van der Waals surface area (Å²) in [7, 11) is 4.09. The number of aromatic nitrogens is 1. The highest BCUT2D eigenvalue weighted by Gasteiger charge is 2.26. The molecule has 0 saturated carbocycles. The normalized spacial score (nSPS) is 16.3. The van der Waals surface area contributed by atoms with Gasteiger partial charge in [-0.15, -0.1) is 0 Å². The molecule has 6 nitrogen and oxygen atoms in total. The third-order valence-corrected chi connectivity index (χ3v) is 3.78. The van der Waals surface area contributed by atoms with Crippen molar-refractivity contribution in [2.75, 3.05) is 39.2 Å². The summed E-state index contributed by atoms with van der Waals surface area (Å²) in [6.07, 6.45) is 3.27. The number of pyridine rings is 1. The average Bonchev–Trinajstić information content (AvgIpc) is 2.47. The molecule has 116 valence electrons. The van der Waals surface area contributed by atoms with E-state index in [1.807, 2.05) is 14.1 Å². The van der Waals surface area contributed by atoms with Crippen LogP contribution in [0.25, 0.3) is 0 Å². The number of hydrogen-bond acceptors (Lipinski definition) is 5. The molecule has 3 N–H and O–H groups in total. The molecule has 1 saturated heterocycles. The van der Waals surface area contributed by atoms with Gasteiger partial charge in [0, 0.05) is 25.8 Å². The van der Waals surface area contributed by atoms with Crippen molar-refractivity contribution in [1.29, 1.82) is 0 Å². The Morgan fingerprint density at radius 2 is 2.19 bits per heavy atom. The number of rotatable bonds is 4. The van der Waals surface area contributed by atoms with Gasteiger partial charge in [0.2, 0.25) is 0 Å². The van der Waals surface area contributed by atoms with Crippen LogP contribution < -0.4 is 11.3 Å². The van der Waals surface area contributed by atoms with Crippen LogP contribution in [0.3, 0.4) is 0 Å². The average molecular weight is 295 g/mol. The van der Waals surface area contributed by atoms with Crippen LogP contribution in [0.1, 0.15) is 23.2 Å². The van der Waals surface area contributed by atoms with E-state index in [9.17, 15) is 9.18 Å². The highest BCUT2D eigenvalue weighted by atomic mass is 19.1. The van der Waals surface area contributed by atoms with Crippen LogP contribution in [0.15, 0.2) is 12.3 Å². The maximum atomic E-state index is 14.1. The molecule has 7 heteroatoms. The molecule has 1 aromatic rings. The van der Waals surface area contributed by atoms with Crippen LogP contribution in [0, 0.1) is 11.7 Å². The predicted octanol–water partition coefficient (Wildman–Crippen LogP) is 0.920. The third kappa shape index (κ3) is 3.68. The minimum absolute atomic E-state index is 0.0176. The quantitative estimate of drug-likeness (QED) is 0.638. The number of halogens is 1. The van der Waals surface area contributed by atoms with Gasteiger partial charge >= 0.3 is 0 Å². The predicted molar refractivity (Wildman–Crippen MR) is 79.2 cm³/mol. The van der Waals surface area contributed by atoms with Crippen molar-refractivity contribution in [2.24, 2.45) is 11.8 Å². The van der Waals surface area contributed by atoms with Gasteiger partial charge in [-0.1, -0.05) is 0 Å². The van der Waals surface area contributed by atoms with E-state index in [2.05, 4.69) is 15.3 Å². The second-order valence-corrected chi connectivity index (χ2v) is 5.66. The van der Waals surface area contributed by atoms with Gasteiger partial charge in [0.1, 0.15) is 0 Å². The van der Waals surface area contributed by atoms with Crippen molar-refractivity contribution in [2.45, 2.75) is 12.8 Å². The molecule has 0 aromatic carbocycles. The summed E-state index contributed by atoms with van der Waals surface area (Å²) in [6.45, 7) is 2.34. The van der Waals surface area contributed by atoms with E-state index in [0.717, 1.165) is 19.4 Å². The van der Waals surface area contributed by atoms with E-state index in [4.69, 9.17) is 5.84 Å². The Hall–Kier alpha value is -1.73. The zero-order valence-electron chi connectivity index (χ0n) is 12.5. The number of piperidine rings is 1. The summed E-state index contributed by atoms with van der Waals surface area (Å²) in [5.41, 5.74) is 2.18. The van der Waals surface area contributed by atoms with Gasteiger partial charge in [0.15, 0.2) is 11.6 Å². The number of hydrogen-bond donors (Lipinski definition) is 2. The molecular weight excluding hydrogens is 273 g/mol. The fourth-order valence-electron chi connectivity index (χ4n) is 2.71. The van der Waals surface area contributed by atoms with Gasteiger partial charge in [-0.3, -0.25) is 4.79 Å². The first-order valence-corrected chi connectivity index (χ1v) is 7.08. The summed E-state index contributed by atoms with van der Waals surface area (Å²) in [6, 6.07) is 1.39. The molecule has 0 spiro atoms. The standard InChI is InChI=1S/C14H22FN5O/c1-19(2)9-10-4-7-20(8-5-10)14(21)11-3-6-17-13(18-16)12(11)15/h3,6,10H,4-5,7-9,16H2,1-2H3,(H,17,18). The highest BCUT2D eigenvalue weighted by molar-refractivity contribution is 5.95. The first-order chi connectivity index (χ1) is 10.0. The molecule has 1 fully saturated rings. The Kier molecular flexibility index (Phi) is 5.08. The molecule has 0 radical (unpaired) electrons. The van der Waals surface area contributed by atoms with E-state index in [-0.39, 0.29) is 17.3 Å². The maximum absolute atomic E-state index is 14.1. The summed E-state index contributed by atoms with van der Waals surface area (Å²) in [5.74, 6) is 4.67. The zero-order chi connectivity index (χ0) is 15.4. The van der Waals surface area contributed by atoms with E-state index >= 15 is 0 Å². The van der Waals surface area contributed by atoms with Crippen LogP contribution >= 0.6 is 0 Å². The van der Waals surface area contributed by atoms with Crippen molar-refractivity contribution in [1.82, 2.24) is 14.8 Å². The number of amides is 1. The van der Waals surface area contributed by atoms with Crippen LogP contribution in [0.5, 0.6) is 0 Å². The summed E-state index contributed by atoms with van der Waals surface area (Å²) < 4.78 is 14.1. The number of nitrogens with zero attached hydrogens (tertiary/aromatic N) is 3. The van der Waals surface area contributed by atoms with Crippen LogP contribution in [0.4, 0.5) is 10.2 Å². The molecule has 0 aliphatic carbocycles. The first kappa shape index (κ1) is 15.7. The third-order valence-electron chi connectivity index (χ3n) is 3.78. The van der Waals surface area contributed by atoms with Crippen molar-refractivity contribution in [3.63, 3.8) is 0 Å². The number of nitrogens with one attached hydrogen (secondary N) is 1. The lowest BCUT2D eigenvalue weighted by molar-refractivity contribution is 0.0673.